The number of carbonyl (C=O) groups excluding carboxylic acids is 1. The van der Waals surface area contributed by atoms with E-state index in [0.717, 1.165) is 10.0 Å². The highest BCUT2D eigenvalue weighted by molar-refractivity contribution is 9.10. The number of hydrazone groups is 1. The lowest BCUT2D eigenvalue weighted by Crippen LogP contribution is -2.24. The number of rotatable bonds is 6. The third-order valence-corrected chi connectivity index (χ3v) is 5.74. The molecule has 4 rings (SSSR count). The summed E-state index contributed by atoms with van der Waals surface area (Å²) in [5, 5.41) is 4.90. The molecule has 1 N–H and O–H groups in total. The van der Waals surface area contributed by atoms with Crippen LogP contribution in [0.3, 0.4) is 0 Å². The molecule has 154 valence electrons. The summed E-state index contributed by atoms with van der Waals surface area (Å²) < 4.78 is 2.42. The zero-order valence-electron chi connectivity index (χ0n) is 16.1. The average molecular weight is 494 g/mol. The molecule has 9 heteroatoms. The summed E-state index contributed by atoms with van der Waals surface area (Å²) >= 11 is 4.58. The van der Waals surface area contributed by atoms with E-state index >= 15 is 0 Å². The van der Waals surface area contributed by atoms with Crippen LogP contribution in [0.2, 0.25) is 0 Å². The zero-order valence-corrected chi connectivity index (χ0v) is 18.5. The normalized spacial score (nSPS) is 11.1. The maximum Gasteiger partial charge on any atom is 0.266 e. The fourth-order valence-electron chi connectivity index (χ4n) is 2.82. The summed E-state index contributed by atoms with van der Waals surface area (Å²) in [6, 6.07) is 18.1. The second-order valence-electron chi connectivity index (χ2n) is 6.39. The molecule has 0 unspecified atom stereocenters. The van der Waals surface area contributed by atoms with Gasteiger partial charge in [0.15, 0.2) is 5.16 Å². The van der Waals surface area contributed by atoms with Crippen LogP contribution in [-0.4, -0.2) is 32.4 Å². The fourth-order valence-corrected chi connectivity index (χ4v) is 3.89. The molecule has 0 spiro atoms. The lowest BCUT2D eigenvalue weighted by Gasteiger charge is -2.13. The third-order valence-electron chi connectivity index (χ3n) is 4.27. The molecule has 0 atom stereocenters. The van der Waals surface area contributed by atoms with E-state index < -0.39 is 0 Å². The highest BCUT2D eigenvalue weighted by Gasteiger charge is 2.14. The molecule has 0 radical (unpaired) electrons. The molecule has 0 saturated heterocycles. The van der Waals surface area contributed by atoms with Crippen LogP contribution >= 0.6 is 27.7 Å². The quantitative estimate of drug-likeness (QED) is 0.191. The monoisotopic (exact) mass is 493 g/mol. The van der Waals surface area contributed by atoms with Gasteiger partial charge in [0.1, 0.15) is 0 Å². The number of fused-ring (bicyclic) bond motifs is 1. The van der Waals surface area contributed by atoms with Gasteiger partial charge in [0, 0.05) is 16.9 Å². The van der Waals surface area contributed by atoms with Crippen molar-refractivity contribution in [3.8, 4) is 5.69 Å². The maximum absolute atomic E-state index is 13.2. The van der Waals surface area contributed by atoms with E-state index in [1.165, 1.54) is 22.5 Å². The Morgan fingerprint density at radius 2 is 1.84 bits per heavy atom. The Morgan fingerprint density at radius 3 is 2.61 bits per heavy atom. The first-order valence-corrected chi connectivity index (χ1v) is 11.0. The SMILES string of the molecule is O=C(CSc1nc2ccccc2c(=O)n1-c1ccc(Br)cc1)N/N=C\c1ccncc1. The van der Waals surface area contributed by atoms with Crippen molar-refractivity contribution >= 4 is 50.7 Å². The van der Waals surface area contributed by atoms with E-state index in [1.807, 2.05) is 30.3 Å². The van der Waals surface area contributed by atoms with Crippen LogP contribution < -0.4 is 11.0 Å². The van der Waals surface area contributed by atoms with E-state index in [4.69, 9.17) is 0 Å². The van der Waals surface area contributed by atoms with Gasteiger partial charge in [-0.05, 0) is 54.1 Å². The Labute approximate surface area is 190 Å². The molecule has 2 aromatic carbocycles. The topological polar surface area (TPSA) is 89.2 Å². The summed E-state index contributed by atoms with van der Waals surface area (Å²) in [6.07, 6.45) is 4.83. The third kappa shape index (κ3) is 5.07. The fraction of sp³-hybridized carbons (Fsp3) is 0.0455. The smallest absolute Gasteiger partial charge is 0.266 e. The minimum Gasteiger partial charge on any atom is -0.272 e. The van der Waals surface area contributed by atoms with E-state index in [9.17, 15) is 9.59 Å². The van der Waals surface area contributed by atoms with Gasteiger partial charge in [-0.15, -0.1) is 0 Å². The van der Waals surface area contributed by atoms with Crippen molar-refractivity contribution in [3.63, 3.8) is 0 Å². The average Bonchev–Trinajstić information content (AvgIpc) is 2.79. The Bertz CT molecular complexity index is 1310. The lowest BCUT2D eigenvalue weighted by molar-refractivity contribution is -0.118. The van der Waals surface area contributed by atoms with Crippen molar-refractivity contribution < 1.29 is 4.79 Å². The van der Waals surface area contributed by atoms with Crippen LogP contribution in [0.15, 0.2) is 92.6 Å². The molecule has 2 aromatic heterocycles. The van der Waals surface area contributed by atoms with Gasteiger partial charge >= 0.3 is 0 Å². The predicted molar refractivity (Wildman–Crippen MR) is 126 cm³/mol. The number of amides is 1. The molecule has 0 bridgehead atoms. The number of hydrogen-bond acceptors (Lipinski definition) is 6. The van der Waals surface area contributed by atoms with Crippen LogP contribution in [-0.2, 0) is 4.79 Å². The zero-order chi connectivity index (χ0) is 21.6. The van der Waals surface area contributed by atoms with E-state index in [2.05, 4.69) is 36.4 Å². The summed E-state index contributed by atoms with van der Waals surface area (Å²) in [4.78, 5) is 34.0. The maximum atomic E-state index is 13.2. The minimum absolute atomic E-state index is 0.0506. The number of thioether (sulfide) groups is 1. The molecule has 7 nitrogen and oxygen atoms in total. The second-order valence-corrected chi connectivity index (χ2v) is 8.25. The van der Waals surface area contributed by atoms with Crippen molar-refractivity contribution in [1.82, 2.24) is 20.0 Å². The number of nitrogens with one attached hydrogen (secondary N) is 1. The highest BCUT2D eigenvalue weighted by Crippen LogP contribution is 2.22. The molecule has 0 aliphatic rings. The Morgan fingerprint density at radius 1 is 1.10 bits per heavy atom. The second kappa shape index (κ2) is 9.67. The molecule has 0 aliphatic carbocycles. The standard InChI is InChI=1S/C22H16BrN5O2S/c23-16-5-7-17(8-6-16)28-21(30)18-3-1-2-4-19(18)26-22(28)31-14-20(29)27-25-13-15-9-11-24-12-10-15/h1-13H,14H2,(H,27,29)/b25-13-. The van der Waals surface area contributed by atoms with Crippen LogP contribution in [0, 0.1) is 0 Å². The summed E-state index contributed by atoms with van der Waals surface area (Å²) in [6.45, 7) is 0. The van der Waals surface area contributed by atoms with Gasteiger partial charge in [0.05, 0.1) is 28.6 Å². The number of nitrogens with zero attached hydrogens (tertiary/aromatic N) is 4. The minimum atomic E-state index is -0.305. The molecule has 1 amide bonds. The van der Waals surface area contributed by atoms with Crippen LogP contribution in [0.25, 0.3) is 16.6 Å². The number of para-hydroxylation sites is 1. The molecule has 2 heterocycles. The Balaban J connectivity index is 1.58. The summed E-state index contributed by atoms with van der Waals surface area (Å²) in [7, 11) is 0. The van der Waals surface area contributed by atoms with Gasteiger partial charge in [-0.25, -0.2) is 10.4 Å². The number of pyridine rings is 1. The van der Waals surface area contributed by atoms with Gasteiger partial charge in [0.25, 0.3) is 11.5 Å². The highest BCUT2D eigenvalue weighted by atomic mass is 79.9. The first-order valence-electron chi connectivity index (χ1n) is 9.24. The largest absolute Gasteiger partial charge is 0.272 e. The van der Waals surface area contributed by atoms with Gasteiger partial charge in [-0.1, -0.05) is 39.8 Å². The van der Waals surface area contributed by atoms with Crippen LogP contribution in [0.1, 0.15) is 5.56 Å². The molecule has 0 aliphatic heterocycles. The molecule has 0 fully saturated rings. The number of aromatic nitrogens is 3. The van der Waals surface area contributed by atoms with Crippen LogP contribution in [0.5, 0.6) is 0 Å². The molecule has 31 heavy (non-hydrogen) atoms. The first-order chi connectivity index (χ1) is 15.1. The Hall–Kier alpha value is -3.30. The van der Waals surface area contributed by atoms with E-state index in [1.54, 1.807) is 42.7 Å². The van der Waals surface area contributed by atoms with Crippen molar-refractivity contribution in [1.29, 1.82) is 0 Å². The van der Waals surface area contributed by atoms with Crippen molar-refractivity contribution in [2.75, 3.05) is 5.75 Å². The van der Waals surface area contributed by atoms with Gasteiger partial charge in [-0.2, -0.15) is 5.10 Å². The molecule has 0 saturated carbocycles. The number of benzene rings is 2. The van der Waals surface area contributed by atoms with Crippen molar-refractivity contribution in [2.24, 2.45) is 5.10 Å². The van der Waals surface area contributed by atoms with Crippen LogP contribution in [0.4, 0.5) is 0 Å². The number of hydrogen-bond donors (Lipinski definition) is 1. The summed E-state index contributed by atoms with van der Waals surface area (Å²) in [5.41, 5.74) is 4.38. The summed E-state index contributed by atoms with van der Waals surface area (Å²) in [5.74, 6) is -0.255. The van der Waals surface area contributed by atoms with E-state index in [-0.39, 0.29) is 17.2 Å². The van der Waals surface area contributed by atoms with Gasteiger partial charge < -0.3 is 0 Å². The predicted octanol–water partition coefficient (Wildman–Crippen LogP) is 3.79. The van der Waals surface area contributed by atoms with Gasteiger partial charge in [-0.3, -0.25) is 19.1 Å². The molecule has 4 aromatic rings. The Kier molecular flexibility index (Phi) is 6.54. The first kappa shape index (κ1) is 21.0. The van der Waals surface area contributed by atoms with Gasteiger partial charge in [0.2, 0.25) is 0 Å². The molecular formula is C22H16BrN5O2S. The van der Waals surface area contributed by atoms with Crippen molar-refractivity contribution in [3.05, 3.63) is 93.4 Å². The van der Waals surface area contributed by atoms with Crippen molar-refractivity contribution in [2.45, 2.75) is 5.16 Å². The lowest BCUT2D eigenvalue weighted by atomic mass is 10.2. The number of halogens is 1. The van der Waals surface area contributed by atoms with E-state index in [0.29, 0.717) is 21.7 Å². The number of carbonyl (C=O) groups is 1. The molecular weight excluding hydrogens is 478 g/mol.